The van der Waals surface area contributed by atoms with Crippen LogP contribution in [0.2, 0.25) is 0 Å². The largest absolute Gasteiger partial charge is 0.502 e. The molecule has 5 heteroatoms. The van der Waals surface area contributed by atoms with E-state index < -0.39 is 5.97 Å². The third-order valence-corrected chi connectivity index (χ3v) is 2.00. The Morgan fingerprint density at radius 2 is 2.12 bits per heavy atom. The average molecular weight is 233 g/mol. The standard InChI is InChI=1S/C12H11NO4/c1-15-7-10-12(14)17-11(13-10)8-16-9-5-3-2-4-6-9/h2-7H,8H2,1H3/b10-7+. The van der Waals surface area contributed by atoms with Crippen molar-refractivity contribution in [2.45, 2.75) is 0 Å². The summed E-state index contributed by atoms with van der Waals surface area (Å²) in [6.45, 7) is 0.108. The first-order valence-electron chi connectivity index (χ1n) is 5.00. The van der Waals surface area contributed by atoms with E-state index in [2.05, 4.69) is 4.99 Å². The SMILES string of the molecule is CO/C=C1/N=C(COc2ccccc2)OC1=O. The molecule has 1 aliphatic heterocycles. The molecular weight excluding hydrogens is 222 g/mol. The first-order chi connectivity index (χ1) is 8.29. The number of para-hydroxylation sites is 1. The van der Waals surface area contributed by atoms with Crippen LogP contribution in [0.3, 0.4) is 0 Å². The molecule has 0 aliphatic carbocycles. The van der Waals surface area contributed by atoms with Crippen LogP contribution in [0.5, 0.6) is 5.75 Å². The molecule has 2 rings (SSSR count). The molecule has 1 aromatic rings. The van der Waals surface area contributed by atoms with Gasteiger partial charge in [0.2, 0.25) is 5.90 Å². The van der Waals surface area contributed by atoms with Crippen molar-refractivity contribution in [2.24, 2.45) is 4.99 Å². The number of benzene rings is 1. The molecule has 0 atom stereocenters. The van der Waals surface area contributed by atoms with Crippen molar-refractivity contribution in [3.05, 3.63) is 42.3 Å². The summed E-state index contributed by atoms with van der Waals surface area (Å²) >= 11 is 0. The van der Waals surface area contributed by atoms with Crippen LogP contribution in [0.4, 0.5) is 0 Å². The lowest BCUT2D eigenvalue weighted by atomic mass is 10.3. The summed E-state index contributed by atoms with van der Waals surface area (Å²) in [7, 11) is 1.44. The molecule has 0 fully saturated rings. The lowest BCUT2D eigenvalue weighted by Crippen LogP contribution is -2.13. The Bertz CT molecular complexity index is 465. The molecular formula is C12H11NO4. The highest BCUT2D eigenvalue weighted by atomic mass is 16.6. The molecule has 1 heterocycles. The third kappa shape index (κ3) is 2.84. The van der Waals surface area contributed by atoms with E-state index in [9.17, 15) is 4.79 Å². The zero-order valence-electron chi connectivity index (χ0n) is 9.25. The third-order valence-electron chi connectivity index (χ3n) is 2.00. The fourth-order valence-corrected chi connectivity index (χ4v) is 1.27. The van der Waals surface area contributed by atoms with Gasteiger partial charge in [-0.2, -0.15) is 0 Å². The molecule has 0 aromatic heterocycles. The number of nitrogens with zero attached hydrogens (tertiary/aromatic N) is 1. The zero-order chi connectivity index (χ0) is 12.1. The van der Waals surface area contributed by atoms with Gasteiger partial charge in [-0.15, -0.1) is 0 Å². The fourth-order valence-electron chi connectivity index (χ4n) is 1.27. The van der Waals surface area contributed by atoms with Gasteiger partial charge in [-0.1, -0.05) is 18.2 Å². The Hall–Kier alpha value is -2.30. The van der Waals surface area contributed by atoms with Gasteiger partial charge in [0, 0.05) is 0 Å². The first-order valence-corrected chi connectivity index (χ1v) is 5.00. The maximum atomic E-state index is 11.2. The predicted octanol–water partition coefficient (Wildman–Crippen LogP) is 1.51. The van der Waals surface area contributed by atoms with Gasteiger partial charge in [0.1, 0.15) is 12.0 Å². The number of rotatable bonds is 4. The quantitative estimate of drug-likeness (QED) is 0.449. The van der Waals surface area contributed by atoms with E-state index in [0.717, 1.165) is 0 Å². The number of methoxy groups -OCH3 is 1. The van der Waals surface area contributed by atoms with E-state index in [1.54, 1.807) is 0 Å². The number of aliphatic imine (C=N–C) groups is 1. The van der Waals surface area contributed by atoms with Crippen LogP contribution in [0.15, 0.2) is 47.3 Å². The highest BCUT2D eigenvalue weighted by Crippen LogP contribution is 2.13. The molecule has 17 heavy (non-hydrogen) atoms. The summed E-state index contributed by atoms with van der Waals surface area (Å²) in [5.74, 6) is 0.385. The molecule has 0 unspecified atom stereocenters. The van der Waals surface area contributed by atoms with Crippen LogP contribution in [0.1, 0.15) is 0 Å². The van der Waals surface area contributed by atoms with Gasteiger partial charge in [-0.25, -0.2) is 9.79 Å². The predicted molar refractivity (Wildman–Crippen MR) is 60.6 cm³/mol. The summed E-state index contributed by atoms with van der Waals surface area (Å²) in [6, 6.07) is 9.22. The molecule has 1 aromatic carbocycles. The topological polar surface area (TPSA) is 57.1 Å². The molecule has 0 saturated heterocycles. The molecule has 0 radical (unpaired) electrons. The highest BCUT2D eigenvalue weighted by molar-refractivity contribution is 6.04. The molecule has 0 saturated carbocycles. The summed E-state index contributed by atoms with van der Waals surface area (Å²) in [4.78, 5) is 15.2. The van der Waals surface area contributed by atoms with E-state index in [0.29, 0.717) is 5.75 Å². The number of carbonyl (C=O) groups is 1. The number of hydrogen-bond donors (Lipinski definition) is 0. The van der Waals surface area contributed by atoms with Crippen molar-refractivity contribution < 1.29 is 19.0 Å². The maximum absolute atomic E-state index is 11.2. The maximum Gasteiger partial charge on any atom is 0.366 e. The summed E-state index contributed by atoms with van der Waals surface area (Å²) in [5, 5.41) is 0. The second kappa shape index (κ2) is 5.16. The Balaban J connectivity index is 1.95. The van der Waals surface area contributed by atoms with Gasteiger partial charge in [0.05, 0.1) is 7.11 Å². The molecule has 0 amide bonds. The van der Waals surface area contributed by atoms with Gasteiger partial charge >= 0.3 is 5.97 Å². The summed E-state index contributed by atoms with van der Waals surface area (Å²) in [5.41, 5.74) is 0.138. The van der Waals surface area contributed by atoms with E-state index in [4.69, 9.17) is 14.2 Å². The second-order valence-electron chi connectivity index (χ2n) is 3.24. The van der Waals surface area contributed by atoms with Crippen LogP contribution < -0.4 is 4.74 Å². The fraction of sp³-hybridized carbons (Fsp3) is 0.167. The number of carbonyl (C=O) groups excluding carboxylic acids is 1. The Morgan fingerprint density at radius 3 is 2.82 bits per heavy atom. The number of cyclic esters (lactones) is 1. The van der Waals surface area contributed by atoms with Gasteiger partial charge in [0.25, 0.3) is 0 Å². The van der Waals surface area contributed by atoms with Crippen molar-refractivity contribution >= 4 is 11.9 Å². The first kappa shape index (κ1) is 11.2. The normalized spacial score (nSPS) is 16.6. The Morgan fingerprint density at radius 1 is 1.35 bits per heavy atom. The highest BCUT2D eigenvalue weighted by Gasteiger charge is 2.23. The van der Waals surface area contributed by atoms with E-state index in [1.807, 2.05) is 30.3 Å². The van der Waals surface area contributed by atoms with Gasteiger partial charge in [-0.3, -0.25) is 0 Å². The van der Waals surface area contributed by atoms with Crippen LogP contribution >= 0.6 is 0 Å². The van der Waals surface area contributed by atoms with Gasteiger partial charge < -0.3 is 14.2 Å². The number of hydrogen-bond acceptors (Lipinski definition) is 5. The minimum Gasteiger partial charge on any atom is -0.502 e. The Labute approximate surface area is 98.3 Å². The van der Waals surface area contributed by atoms with E-state index >= 15 is 0 Å². The smallest absolute Gasteiger partial charge is 0.366 e. The van der Waals surface area contributed by atoms with Gasteiger partial charge in [0.15, 0.2) is 12.3 Å². The number of ether oxygens (including phenoxy) is 3. The summed E-state index contributed by atoms with van der Waals surface area (Å²) < 4.78 is 15.0. The van der Waals surface area contributed by atoms with Crippen molar-refractivity contribution in [1.29, 1.82) is 0 Å². The summed E-state index contributed by atoms with van der Waals surface area (Å²) in [6.07, 6.45) is 1.23. The second-order valence-corrected chi connectivity index (χ2v) is 3.24. The van der Waals surface area contributed by atoms with Crippen LogP contribution in [0.25, 0.3) is 0 Å². The molecule has 5 nitrogen and oxygen atoms in total. The minimum atomic E-state index is -0.529. The van der Waals surface area contributed by atoms with Crippen LogP contribution in [-0.2, 0) is 14.3 Å². The number of esters is 1. The van der Waals surface area contributed by atoms with Crippen molar-refractivity contribution in [1.82, 2.24) is 0 Å². The molecule has 1 aliphatic rings. The van der Waals surface area contributed by atoms with E-state index in [1.165, 1.54) is 13.4 Å². The Kier molecular flexibility index (Phi) is 3.40. The van der Waals surface area contributed by atoms with Gasteiger partial charge in [-0.05, 0) is 12.1 Å². The monoisotopic (exact) mass is 233 g/mol. The minimum absolute atomic E-state index is 0.108. The van der Waals surface area contributed by atoms with E-state index in [-0.39, 0.29) is 18.2 Å². The lowest BCUT2D eigenvalue weighted by Gasteiger charge is -2.03. The molecule has 0 spiro atoms. The van der Waals surface area contributed by atoms with Crippen molar-refractivity contribution in [2.75, 3.05) is 13.7 Å². The van der Waals surface area contributed by atoms with Crippen molar-refractivity contribution in [3.8, 4) is 5.75 Å². The van der Waals surface area contributed by atoms with Crippen LogP contribution in [-0.4, -0.2) is 25.6 Å². The average Bonchev–Trinajstić information content (AvgIpc) is 2.70. The molecule has 88 valence electrons. The molecule has 0 N–H and O–H groups in total. The lowest BCUT2D eigenvalue weighted by molar-refractivity contribution is -0.130. The van der Waals surface area contributed by atoms with Crippen molar-refractivity contribution in [3.63, 3.8) is 0 Å². The van der Waals surface area contributed by atoms with Crippen LogP contribution in [0, 0.1) is 0 Å². The molecule has 0 bridgehead atoms. The zero-order valence-corrected chi connectivity index (χ0v) is 9.25.